The Labute approximate surface area is 151 Å². The van der Waals surface area contributed by atoms with Crippen LogP contribution in [0.2, 0.25) is 0 Å². The summed E-state index contributed by atoms with van der Waals surface area (Å²) in [6.07, 6.45) is 6.34. The third-order valence-electron chi connectivity index (χ3n) is 4.04. The van der Waals surface area contributed by atoms with Gasteiger partial charge in [0.25, 0.3) is 11.8 Å². The fraction of sp³-hybridized carbons (Fsp3) is 0.316. The Kier molecular flexibility index (Phi) is 5.68. The van der Waals surface area contributed by atoms with Crippen molar-refractivity contribution in [2.75, 3.05) is 6.54 Å². The number of unbranched alkanes of at least 4 members (excludes halogenated alkanes) is 2. The summed E-state index contributed by atoms with van der Waals surface area (Å²) in [6, 6.07) is 8.92. The van der Waals surface area contributed by atoms with Gasteiger partial charge in [0.15, 0.2) is 5.69 Å². The van der Waals surface area contributed by atoms with Gasteiger partial charge in [-0.3, -0.25) is 14.0 Å². The minimum absolute atomic E-state index is 0.172. The maximum Gasteiger partial charge on any atom is 0.288 e. The number of hydrogen-bond acceptors (Lipinski definition) is 4. The zero-order valence-electron chi connectivity index (χ0n) is 14.7. The van der Waals surface area contributed by atoms with Crippen molar-refractivity contribution in [3.63, 3.8) is 0 Å². The van der Waals surface area contributed by atoms with Gasteiger partial charge in [-0.05, 0) is 30.7 Å². The molecule has 2 amide bonds. The molecule has 0 aliphatic carbocycles. The average Bonchev–Trinajstić information content (AvgIpc) is 3.31. The Bertz CT molecular complexity index is 883. The van der Waals surface area contributed by atoms with E-state index in [0.717, 1.165) is 19.3 Å². The first-order valence-electron chi connectivity index (χ1n) is 8.76. The van der Waals surface area contributed by atoms with Crippen LogP contribution in [0.3, 0.4) is 0 Å². The van der Waals surface area contributed by atoms with E-state index in [4.69, 9.17) is 4.42 Å². The lowest BCUT2D eigenvalue weighted by Crippen LogP contribution is -2.26. The topological polar surface area (TPSA) is 88.6 Å². The number of carbonyl (C=O) groups excluding carboxylic acids is 2. The number of nitrogens with one attached hydrogen (secondary N) is 2. The number of hydrogen-bond donors (Lipinski definition) is 2. The molecule has 2 N–H and O–H groups in total. The first kappa shape index (κ1) is 17.7. The normalized spacial score (nSPS) is 10.8. The molecule has 136 valence electrons. The predicted octanol–water partition coefficient (Wildman–Crippen LogP) is 2.78. The van der Waals surface area contributed by atoms with Crippen molar-refractivity contribution in [3.05, 3.63) is 60.1 Å². The molecule has 0 saturated carbocycles. The van der Waals surface area contributed by atoms with Crippen LogP contribution in [0.4, 0.5) is 0 Å². The summed E-state index contributed by atoms with van der Waals surface area (Å²) in [4.78, 5) is 29.3. The SMILES string of the molecule is CCCCCNC(=O)c1nc(C(=O)NCc2ccco2)n2ccccc12. The molecular formula is C19H22N4O3. The van der Waals surface area contributed by atoms with Crippen LogP contribution in [0.15, 0.2) is 47.2 Å². The molecule has 0 saturated heterocycles. The van der Waals surface area contributed by atoms with Gasteiger partial charge in [0, 0.05) is 12.7 Å². The number of fused-ring (bicyclic) bond motifs is 1. The second-order valence-electron chi connectivity index (χ2n) is 5.96. The quantitative estimate of drug-likeness (QED) is 0.609. The van der Waals surface area contributed by atoms with Crippen molar-refractivity contribution >= 4 is 17.3 Å². The van der Waals surface area contributed by atoms with Crippen molar-refractivity contribution in [2.24, 2.45) is 0 Å². The van der Waals surface area contributed by atoms with Gasteiger partial charge in [0.2, 0.25) is 5.82 Å². The second-order valence-corrected chi connectivity index (χ2v) is 5.96. The molecule has 0 aliphatic heterocycles. The highest BCUT2D eigenvalue weighted by molar-refractivity contribution is 6.02. The molecule has 3 rings (SSSR count). The van der Waals surface area contributed by atoms with E-state index < -0.39 is 0 Å². The van der Waals surface area contributed by atoms with E-state index in [2.05, 4.69) is 22.5 Å². The summed E-state index contributed by atoms with van der Waals surface area (Å²) in [5, 5.41) is 5.63. The standard InChI is InChI=1S/C19H22N4O3/c1-2-3-5-10-20-18(24)16-15-9-4-6-11-23(15)17(22-16)19(25)21-13-14-8-7-12-26-14/h4,6-9,11-12H,2-3,5,10,13H2,1H3,(H,20,24)(H,21,25). The summed E-state index contributed by atoms with van der Waals surface area (Å²) < 4.78 is 6.83. The lowest BCUT2D eigenvalue weighted by molar-refractivity contribution is 0.0937. The summed E-state index contributed by atoms with van der Waals surface area (Å²) in [5.41, 5.74) is 0.855. The Morgan fingerprint density at radius 2 is 2.00 bits per heavy atom. The van der Waals surface area contributed by atoms with Crippen molar-refractivity contribution in [3.8, 4) is 0 Å². The highest BCUT2D eigenvalue weighted by Crippen LogP contribution is 2.13. The molecule has 3 aromatic heterocycles. The summed E-state index contributed by atoms with van der Waals surface area (Å²) in [7, 11) is 0. The van der Waals surface area contributed by atoms with Crippen molar-refractivity contribution in [1.82, 2.24) is 20.0 Å². The molecular weight excluding hydrogens is 332 g/mol. The van der Waals surface area contributed by atoms with E-state index in [1.165, 1.54) is 0 Å². The lowest BCUT2D eigenvalue weighted by Gasteiger charge is -2.02. The van der Waals surface area contributed by atoms with E-state index in [-0.39, 0.29) is 29.9 Å². The number of amides is 2. The number of rotatable bonds is 8. The maximum absolute atomic E-state index is 12.5. The smallest absolute Gasteiger partial charge is 0.288 e. The monoisotopic (exact) mass is 354 g/mol. The van der Waals surface area contributed by atoms with E-state index >= 15 is 0 Å². The van der Waals surface area contributed by atoms with E-state index in [0.29, 0.717) is 17.8 Å². The van der Waals surface area contributed by atoms with Crippen LogP contribution in [0.5, 0.6) is 0 Å². The molecule has 7 nitrogen and oxygen atoms in total. The van der Waals surface area contributed by atoms with Gasteiger partial charge in [-0.1, -0.05) is 25.8 Å². The molecule has 0 atom stereocenters. The second kappa shape index (κ2) is 8.33. The molecule has 0 bridgehead atoms. The molecule has 26 heavy (non-hydrogen) atoms. The van der Waals surface area contributed by atoms with Crippen LogP contribution in [0.1, 0.15) is 53.1 Å². The van der Waals surface area contributed by atoms with Gasteiger partial charge in [0.05, 0.1) is 18.3 Å². The number of imidazole rings is 1. The zero-order chi connectivity index (χ0) is 18.4. The number of aromatic nitrogens is 2. The van der Waals surface area contributed by atoms with E-state index in [1.807, 2.05) is 6.07 Å². The Morgan fingerprint density at radius 3 is 2.77 bits per heavy atom. The minimum Gasteiger partial charge on any atom is -0.467 e. The average molecular weight is 354 g/mol. The van der Waals surface area contributed by atoms with Crippen molar-refractivity contribution in [2.45, 2.75) is 32.7 Å². The van der Waals surface area contributed by atoms with E-state index in [9.17, 15) is 9.59 Å². The number of furan rings is 1. The molecule has 0 spiro atoms. The fourth-order valence-corrected chi connectivity index (χ4v) is 2.69. The van der Waals surface area contributed by atoms with Crippen LogP contribution in [-0.2, 0) is 6.54 Å². The molecule has 7 heteroatoms. The largest absolute Gasteiger partial charge is 0.467 e. The molecule has 0 aliphatic rings. The van der Waals surface area contributed by atoms with Crippen molar-refractivity contribution < 1.29 is 14.0 Å². The predicted molar refractivity (Wildman–Crippen MR) is 96.9 cm³/mol. The molecule has 3 aromatic rings. The van der Waals surface area contributed by atoms with E-state index in [1.54, 1.807) is 41.1 Å². The number of nitrogens with zero attached hydrogens (tertiary/aromatic N) is 2. The Morgan fingerprint density at radius 1 is 1.12 bits per heavy atom. The van der Waals surface area contributed by atoms with Gasteiger partial charge in [-0.15, -0.1) is 0 Å². The molecule has 0 unspecified atom stereocenters. The number of carbonyl (C=O) groups is 2. The first-order chi connectivity index (χ1) is 12.7. The molecule has 3 heterocycles. The fourth-order valence-electron chi connectivity index (χ4n) is 2.69. The first-order valence-corrected chi connectivity index (χ1v) is 8.76. The van der Waals surface area contributed by atoms with Gasteiger partial charge in [0.1, 0.15) is 5.76 Å². The van der Waals surface area contributed by atoms with Crippen LogP contribution in [0, 0.1) is 0 Å². The van der Waals surface area contributed by atoms with Gasteiger partial charge < -0.3 is 15.1 Å². The van der Waals surface area contributed by atoms with Gasteiger partial charge in [-0.25, -0.2) is 4.98 Å². The van der Waals surface area contributed by atoms with Gasteiger partial charge in [-0.2, -0.15) is 0 Å². The molecule has 0 aromatic carbocycles. The van der Waals surface area contributed by atoms with Crippen molar-refractivity contribution in [1.29, 1.82) is 0 Å². The zero-order valence-corrected chi connectivity index (χ0v) is 14.7. The number of pyridine rings is 1. The summed E-state index contributed by atoms with van der Waals surface area (Å²) in [6.45, 7) is 2.96. The highest BCUT2D eigenvalue weighted by atomic mass is 16.3. The maximum atomic E-state index is 12.5. The van der Waals surface area contributed by atoms with Crippen LogP contribution in [0.25, 0.3) is 5.52 Å². The van der Waals surface area contributed by atoms with Crippen LogP contribution in [-0.4, -0.2) is 27.7 Å². The lowest BCUT2D eigenvalue weighted by atomic mass is 10.2. The molecule has 0 fully saturated rings. The minimum atomic E-state index is -0.368. The third kappa shape index (κ3) is 3.93. The summed E-state index contributed by atoms with van der Waals surface area (Å²) >= 11 is 0. The summed E-state index contributed by atoms with van der Waals surface area (Å²) in [5.74, 6) is 0.182. The van der Waals surface area contributed by atoms with Crippen LogP contribution >= 0.6 is 0 Å². The Balaban J connectivity index is 1.78. The molecule has 0 radical (unpaired) electrons. The third-order valence-corrected chi connectivity index (χ3v) is 4.04. The van der Waals surface area contributed by atoms with Gasteiger partial charge >= 0.3 is 0 Å². The highest BCUT2D eigenvalue weighted by Gasteiger charge is 2.21. The Hall–Kier alpha value is -3.09. The van der Waals surface area contributed by atoms with Crippen LogP contribution < -0.4 is 10.6 Å².